The molecule has 0 saturated heterocycles. The smallest absolute Gasteiger partial charge is 0.251 e. The number of imidazole rings is 1. The second kappa shape index (κ2) is 8.99. The van der Waals surface area contributed by atoms with Gasteiger partial charge in [-0.1, -0.05) is 30.2 Å². The number of aromatic nitrogens is 4. The first-order valence-corrected chi connectivity index (χ1v) is 12.3. The molecule has 0 aliphatic carbocycles. The molecule has 172 valence electrons. The molecule has 7 heteroatoms. The lowest BCUT2D eigenvalue weighted by Gasteiger charge is -2.28. The molecular weight excluding hydrogens is 571 g/mol. The molecule has 0 amide bonds. The number of pyridine rings is 2. The Balaban J connectivity index is 1.84. The molecule has 5 rings (SSSR count). The molecule has 3 aromatic heterocycles. The molecule has 3 heterocycles. The van der Waals surface area contributed by atoms with E-state index in [1.54, 1.807) is 30.2 Å². The SMILES string of the molecule is C#Cc1cccc(-c2cc(=O)n(C)c3ccc([C@](Cl)(c4ccc(I)cc4)c4cncn4C)nc23)c1. The summed E-state index contributed by atoms with van der Waals surface area (Å²) in [5, 5.41) is 0. The van der Waals surface area contributed by atoms with Crippen molar-refractivity contribution in [3.8, 4) is 23.5 Å². The van der Waals surface area contributed by atoms with Gasteiger partial charge in [0.05, 0.1) is 34.9 Å². The van der Waals surface area contributed by atoms with Gasteiger partial charge in [0.1, 0.15) is 0 Å². The molecule has 5 nitrogen and oxygen atoms in total. The maximum absolute atomic E-state index is 12.8. The Morgan fingerprint density at radius 1 is 1.06 bits per heavy atom. The minimum Gasteiger partial charge on any atom is -0.336 e. The van der Waals surface area contributed by atoms with E-state index in [4.69, 9.17) is 23.0 Å². The Bertz CT molecular complexity index is 1680. The summed E-state index contributed by atoms with van der Waals surface area (Å²) in [5.74, 6) is 2.66. The fourth-order valence-electron chi connectivity index (χ4n) is 4.31. The largest absolute Gasteiger partial charge is 0.336 e. The van der Waals surface area contributed by atoms with Crippen molar-refractivity contribution in [2.75, 3.05) is 0 Å². The number of hydrogen-bond donors (Lipinski definition) is 0. The maximum Gasteiger partial charge on any atom is 0.251 e. The topological polar surface area (TPSA) is 52.7 Å². The van der Waals surface area contributed by atoms with Crippen LogP contribution in [0.5, 0.6) is 0 Å². The summed E-state index contributed by atoms with van der Waals surface area (Å²) < 4.78 is 4.59. The van der Waals surface area contributed by atoms with Crippen molar-refractivity contribution in [1.29, 1.82) is 0 Å². The third-order valence-electron chi connectivity index (χ3n) is 6.19. The van der Waals surface area contributed by atoms with Crippen LogP contribution in [0.1, 0.15) is 22.5 Å². The molecule has 0 fully saturated rings. The van der Waals surface area contributed by atoms with Crippen LogP contribution < -0.4 is 5.56 Å². The summed E-state index contributed by atoms with van der Waals surface area (Å²) in [4.78, 5) is 21.1. The van der Waals surface area contributed by atoms with E-state index in [1.807, 2.05) is 72.3 Å². The number of alkyl halides is 1. The molecule has 1 atom stereocenters. The van der Waals surface area contributed by atoms with E-state index in [0.717, 1.165) is 26.0 Å². The molecule has 0 radical (unpaired) electrons. The number of benzene rings is 2. The van der Waals surface area contributed by atoms with E-state index in [-0.39, 0.29) is 5.56 Å². The summed E-state index contributed by atoms with van der Waals surface area (Å²) in [6, 6.07) is 21.0. The van der Waals surface area contributed by atoms with Crippen LogP contribution in [-0.2, 0) is 19.0 Å². The first-order valence-electron chi connectivity index (χ1n) is 10.8. The van der Waals surface area contributed by atoms with Gasteiger partial charge < -0.3 is 9.13 Å². The molecule has 0 aliphatic heterocycles. The van der Waals surface area contributed by atoms with E-state index >= 15 is 0 Å². The van der Waals surface area contributed by atoms with Crippen molar-refractivity contribution in [2.45, 2.75) is 4.87 Å². The zero-order valence-corrected chi connectivity index (χ0v) is 21.9. The van der Waals surface area contributed by atoms with Crippen molar-refractivity contribution < 1.29 is 0 Å². The normalized spacial score (nSPS) is 12.9. The molecule has 5 aromatic rings. The van der Waals surface area contributed by atoms with E-state index in [1.165, 1.54) is 0 Å². The maximum atomic E-state index is 12.8. The van der Waals surface area contributed by atoms with Gasteiger partial charge >= 0.3 is 0 Å². The number of aryl methyl sites for hydroxylation is 2. The van der Waals surface area contributed by atoms with E-state index in [0.29, 0.717) is 22.3 Å². The second-order valence-corrected chi connectivity index (χ2v) is 10.1. The van der Waals surface area contributed by atoms with Gasteiger partial charge in [-0.2, -0.15) is 0 Å². The summed E-state index contributed by atoms with van der Waals surface area (Å²) >= 11 is 9.78. The van der Waals surface area contributed by atoms with Crippen LogP contribution in [0.4, 0.5) is 0 Å². The van der Waals surface area contributed by atoms with Gasteiger partial charge in [-0.25, -0.2) is 9.97 Å². The third-order valence-corrected chi connectivity index (χ3v) is 7.52. The zero-order chi connectivity index (χ0) is 24.7. The lowest BCUT2D eigenvalue weighted by atomic mass is 9.90. The quantitative estimate of drug-likeness (QED) is 0.159. The Labute approximate surface area is 221 Å². The van der Waals surface area contributed by atoms with E-state index in [2.05, 4.69) is 33.5 Å². The Hall–Kier alpha value is -3.41. The van der Waals surface area contributed by atoms with Crippen molar-refractivity contribution in [3.05, 3.63) is 116 Å². The lowest BCUT2D eigenvalue weighted by molar-refractivity contribution is 0.729. The average Bonchev–Trinajstić information content (AvgIpc) is 3.32. The molecule has 0 saturated carbocycles. The highest BCUT2D eigenvalue weighted by Crippen LogP contribution is 2.43. The molecule has 0 spiro atoms. The highest BCUT2D eigenvalue weighted by atomic mass is 127. The number of terminal acetylenes is 1. The Kier molecular flexibility index (Phi) is 5.99. The van der Waals surface area contributed by atoms with Crippen molar-refractivity contribution in [2.24, 2.45) is 14.1 Å². The minimum atomic E-state index is -1.10. The standard InChI is InChI=1S/C28H20ClIN4O/c1-4-18-6-5-7-19(14-18)22-15-26(35)34(3)23-12-13-24(32-27(22)23)28(29,25-16-31-17-33(25)2)20-8-10-21(30)11-9-20/h1,5-17H,2-3H3/t28-/m1/s1. The third kappa shape index (κ3) is 3.95. The van der Waals surface area contributed by atoms with Gasteiger partial charge in [0.2, 0.25) is 0 Å². The fraction of sp³-hybridized carbons (Fsp3) is 0.107. The van der Waals surface area contributed by atoms with Gasteiger partial charge in [-0.05, 0) is 70.1 Å². The van der Waals surface area contributed by atoms with Crippen LogP contribution in [0.3, 0.4) is 0 Å². The van der Waals surface area contributed by atoms with Crippen LogP contribution in [0, 0.1) is 15.9 Å². The predicted octanol–water partition coefficient (Wildman–Crippen LogP) is 5.45. The van der Waals surface area contributed by atoms with E-state index in [9.17, 15) is 4.79 Å². The molecule has 35 heavy (non-hydrogen) atoms. The molecule has 0 N–H and O–H groups in total. The average molecular weight is 591 g/mol. The summed E-state index contributed by atoms with van der Waals surface area (Å²) in [6.45, 7) is 0. The number of nitrogens with zero attached hydrogens (tertiary/aromatic N) is 4. The van der Waals surface area contributed by atoms with E-state index < -0.39 is 4.87 Å². The van der Waals surface area contributed by atoms with Crippen molar-refractivity contribution in [3.63, 3.8) is 0 Å². The zero-order valence-electron chi connectivity index (χ0n) is 19.0. The van der Waals surface area contributed by atoms with Crippen LogP contribution in [0.2, 0.25) is 0 Å². The van der Waals surface area contributed by atoms with Crippen molar-refractivity contribution in [1.82, 2.24) is 19.1 Å². The Morgan fingerprint density at radius 3 is 2.51 bits per heavy atom. The number of rotatable bonds is 4. The summed E-state index contributed by atoms with van der Waals surface area (Å²) in [6.07, 6.45) is 9.11. The minimum absolute atomic E-state index is 0.130. The molecule has 0 unspecified atom stereocenters. The molecule has 0 aliphatic rings. The lowest BCUT2D eigenvalue weighted by Crippen LogP contribution is -2.27. The second-order valence-electron chi connectivity index (χ2n) is 8.30. The first-order chi connectivity index (χ1) is 16.8. The molecular formula is C28H20ClIN4O. The van der Waals surface area contributed by atoms with Gasteiger partial charge in [0.15, 0.2) is 4.87 Å². The van der Waals surface area contributed by atoms with Crippen LogP contribution in [0.15, 0.2) is 84.0 Å². The number of halogens is 2. The fourth-order valence-corrected chi connectivity index (χ4v) is 5.09. The predicted molar refractivity (Wildman–Crippen MR) is 148 cm³/mol. The Morgan fingerprint density at radius 2 is 1.83 bits per heavy atom. The first kappa shape index (κ1) is 23.3. The van der Waals surface area contributed by atoms with Crippen LogP contribution in [-0.4, -0.2) is 19.1 Å². The van der Waals surface area contributed by atoms with Crippen LogP contribution >= 0.6 is 34.2 Å². The number of fused-ring (bicyclic) bond motifs is 1. The molecule has 0 bridgehead atoms. The van der Waals surface area contributed by atoms with Gasteiger partial charge in [-0.15, -0.1) is 18.0 Å². The van der Waals surface area contributed by atoms with Gasteiger partial charge in [0.25, 0.3) is 5.56 Å². The monoisotopic (exact) mass is 590 g/mol. The number of hydrogen-bond acceptors (Lipinski definition) is 3. The molecule has 2 aromatic carbocycles. The summed E-state index contributed by atoms with van der Waals surface area (Å²) in [5.41, 5.74) is 5.78. The summed E-state index contributed by atoms with van der Waals surface area (Å²) in [7, 11) is 3.65. The van der Waals surface area contributed by atoms with Crippen molar-refractivity contribution >= 4 is 45.2 Å². The van der Waals surface area contributed by atoms with Gasteiger partial charge in [0, 0.05) is 34.9 Å². The highest BCUT2D eigenvalue weighted by molar-refractivity contribution is 14.1. The highest BCUT2D eigenvalue weighted by Gasteiger charge is 2.38. The van der Waals surface area contributed by atoms with Crippen LogP contribution in [0.25, 0.3) is 22.2 Å². The van der Waals surface area contributed by atoms with Gasteiger partial charge in [-0.3, -0.25) is 4.79 Å².